The lowest BCUT2D eigenvalue weighted by molar-refractivity contribution is 0.280. The summed E-state index contributed by atoms with van der Waals surface area (Å²) in [7, 11) is 0. The van der Waals surface area contributed by atoms with Crippen molar-refractivity contribution >= 4 is 11.6 Å². The Morgan fingerprint density at radius 1 is 1.38 bits per heavy atom. The Labute approximate surface area is 102 Å². The number of hydrogen-bond acceptors (Lipinski definition) is 2. The van der Waals surface area contributed by atoms with Crippen LogP contribution in [0.3, 0.4) is 0 Å². The quantitative estimate of drug-likeness (QED) is 0.864. The minimum atomic E-state index is -0.0304. The Hall–Kier alpha value is -0.540. The van der Waals surface area contributed by atoms with Crippen molar-refractivity contribution in [2.24, 2.45) is 5.92 Å². The van der Waals surface area contributed by atoms with Crippen LogP contribution in [0.5, 0.6) is 0 Å². The Morgan fingerprint density at radius 3 is 2.44 bits per heavy atom. The van der Waals surface area contributed by atoms with Gasteiger partial charge in [-0.2, -0.15) is 5.10 Å². The Kier molecular flexibility index (Phi) is 4.81. The molecule has 3 nitrogen and oxygen atoms in total. The van der Waals surface area contributed by atoms with Gasteiger partial charge in [-0.05, 0) is 25.7 Å². The maximum Gasteiger partial charge on any atom is 0.133 e. The monoisotopic (exact) mass is 244 g/mol. The molecule has 4 heteroatoms. The summed E-state index contributed by atoms with van der Waals surface area (Å²) in [4.78, 5) is 0. The lowest BCUT2D eigenvalue weighted by Crippen LogP contribution is -2.06. The van der Waals surface area contributed by atoms with E-state index in [1.807, 2.05) is 4.68 Å². The van der Waals surface area contributed by atoms with Crippen LogP contribution in [0.15, 0.2) is 0 Å². The Bertz CT molecular complexity index is 347. The van der Waals surface area contributed by atoms with Gasteiger partial charge in [-0.3, -0.25) is 4.68 Å². The Morgan fingerprint density at radius 2 is 2.00 bits per heavy atom. The molecule has 1 atom stereocenters. The molecule has 1 aromatic heterocycles. The van der Waals surface area contributed by atoms with E-state index < -0.39 is 0 Å². The summed E-state index contributed by atoms with van der Waals surface area (Å²) in [6.45, 7) is 8.43. The zero-order valence-corrected chi connectivity index (χ0v) is 11.3. The maximum atomic E-state index is 9.34. The van der Waals surface area contributed by atoms with E-state index in [4.69, 9.17) is 11.6 Å². The van der Waals surface area contributed by atoms with Gasteiger partial charge in [0.25, 0.3) is 0 Å². The van der Waals surface area contributed by atoms with Crippen LogP contribution in [0.25, 0.3) is 0 Å². The fourth-order valence-electron chi connectivity index (χ4n) is 1.66. The van der Waals surface area contributed by atoms with Gasteiger partial charge >= 0.3 is 0 Å². The van der Waals surface area contributed by atoms with E-state index in [-0.39, 0.29) is 12.6 Å². The van der Waals surface area contributed by atoms with Gasteiger partial charge in [0.15, 0.2) is 0 Å². The highest BCUT2D eigenvalue weighted by atomic mass is 35.5. The average molecular weight is 245 g/mol. The third kappa shape index (κ3) is 2.77. The number of aromatic nitrogens is 2. The van der Waals surface area contributed by atoms with Crippen LogP contribution in [0.1, 0.15) is 51.4 Å². The number of halogens is 1. The van der Waals surface area contributed by atoms with E-state index in [1.165, 1.54) is 0 Å². The van der Waals surface area contributed by atoms with Gasteiger partial charge in [0.05, 0.1) is 18.3 Å². The minimum Gasteiger partial charge on any atom is -0.391 e. The molecule has 0 bridgehead atoms. The van der Waals surface area contributed by atoms with Gasteiger partial charge in [-0.25, -0.2) is 0 Å². The van der Waals surface area contributed by atoms with Gasteiger partial charge in [0, 0.05) is 5.56 Å². The molecule has 0 aromatic carbocycles. The van der Waals surface area contributed by atoms with Crippen molar-refractivity contribution in [2.45, 2.75) is 53.2 Å². The number of aliphatic hydroxyl groups is 1. The van der Waals surface area contributed by atoms with Gasteiger partial charge in [-0.15, -0.1) is 0 Å². The summed E-state index contributed by atoms with van der Waals surface area (Å²) < 4.78 is 1.82. The summed E-state index contributed by atoms with van der Waals surface area (Å²) in [5.74, 6) is 0.515. The summed E-state index contributed by atoms with van der Waals surface area (Å²) in [6, 6.07) is 0.277. The van der Waals surface area contributed by atoms with E-state index >= 15 is 0 Å². The second-order valence-electron chi connectivity index (χ2n) is 4.67. The SMILES string of the molecule is CCC(C)n1nc(CC(C)C)c(CO)c1Cl. The van der Waals surface area contributed by atoms with E-state index in [0.29, 0.717) is 11.1 Å². The van der Waals surface area contributed by atoms with Crippen molar-refractivity contribution in [1.29, 1.82) is 0 Å². The average Bonchev–Trinajstić information content (AvgIpc) is 2.53. The first kappa shape index (κ1) is 13.5. The van der Waals surface area contributed by atoms with Gasteiger partial charge in [0.1, 0.15) is 5.15 Å². The van der Waals surface area contributed by atoms with Crippen molar-refractivity contribution in [1.82, 2.24) is 9.78 Å². The molecule has 92 valence electrons. The van der Waals surface area contributed by atoms with Crippen molar-refractivity contribution in [3.8, 4) is 0 Å². The van der Waals surface area contributed by atoms with Crippen molar-refractivity contribution < 1.29 is 5.11 Å². The zero-order chi connectivity index (χ0) is 12.3. The molecule has 0 spiro atoms. The molecule has 1 unspecified atom stereocenters. The van der Waals surface area contributed by atoms with Crippen LogP contribution in [-0.2, 0) is 13.0 Å². The zero-order valence-electron chi connectivity index (χ0n) is 10.5. The lowest BCUT2D eigenvalue weighted by atomic mass is 10.1. The summed E-state index contributed by atoms with van der Waals surface area (Å²) in [6.07, 6.45) is 1.84. The van der Waals surface area contributed by atoms with E-state index in [0.717, 1.165) is 24.1 Å². The van der Waals surface area contributed by atoms with E-state index in [9.17, 15) is 5.11 Å². The highest BCUT2D eigenvalue weighted by Crippen LogP contribution is 2.26. The van der Waals surface area contributed by atoms with Crippen molar-refractivity contribution in [3.63, 3.8) is 0 Å². The van der Waals surface area contributed by atoms with Crippen LogP contribution in [0.4, 0.5) is 0 Å². The van der Waals surface area contributed by atoms with Crippen LogP contribution >= 0.6 is 11.6 Å². The van der Waals surface area contributed by atoms with Gasteiger partial charge < -0.3 is 5.11 Å². The van der Waals surface area contributed by atoms with Crippen LogP contribution in [-0.4, -0.2) is 14.9 Å². The predicted molar refractivity (Wildman–Crippen MR) is 66.7 cm³/mol. The number of hydrogen-bond donors (Lipinski definition) is 1. The summed E-state index contributed by atoms with van der Waals surface area (Å²) >= 11 is 6.23. The molecule has 0 aliphatic carbocycles. The predicted octanol–water partition coefficient (Wildman–Crippen LogP) is 3.20. The van der Waals surface area contributed by atoms with Gasteiger partial charge in [-0.1, -0.05) is 32.4 Å². The first-order valence-corrected chi connectivity index (χ1v) is 6.25. The number of aliphatic hydroxyl groups excluding tert-OH is 1. The minimum absolute atomic E-state index is 0.0304. The third-order valence-corrected chi connectivity index (χ3v) is 3.20. The topological polar surface area (TPSA) is 38.0 Å². The van der Waals surface area contributed by atoms with Crippen LogP contribution in [0, 0.1) is 5.92 Å². The number of nitrogens with zero attached hydrogens (tertiary/aromatic N) is 2. The fourth-order valence-corrected chi connectivity index (χ4v) is 2.04. The first-order chi connectivity index (χ1) is 7.51. The van der Waals surface area contributed by atoms with Crippen molar-refractivity contribution in [2.75, 3.05) is 0 Å². The highest BCUT2D eigenvalue weighted by molar-refractivity contribution is 6.30. The molecular formula is C12H21ClN2O. The largest absolute Gasteiger partial charge is 0.391 e. The molecular weight excluding hydrogens is 224 g/mol. The molecule has 0 aliphatic heterocycles. The molecule has 1 N–H and O–H groups in total. The smallest absolute Gasteiger partial charge is 0.133 e. The highest BCUT2D eigenvalue weighted by Gasteiger charge is 2.18. The van der Waals surface area contributed by atoms with Crippen molar-refractivity contribution in [3.05, 3.63) is 16.4 Å². The molecule has 0 aliphatic rings. The normalized spacial score (nSPS) is 13.4. The molecule has 1 aromatic rings. The van der Waals surface area contributed by atoms with E-state index in [1.54, 1.807) is 0 Å². The molecule has 1 rings (SSSR count). The maximum absolute atomic E-state index is 9.34. The lowest BCUT2D eigenvalue weighted by Gasteiger charge is -2.10. The summed E-state index contributed by atoms with van der Waals surface area (Å²) in [5, 5.41) is 14.4. The molecule has 0 radical (unpaired) electrons. The van der Waals surface area contributed by atoms with Gasteiger partial charge in [0.2, 0.25) is 0 Å². The molecule has 0 saturated heterocycles. The molecule has 0 fully saturated rings. The van der Waals surface area contributed by atoms with Crippen LogP contribution in [0.2, 0.25) is 5.15 Å². The fraction of sp³-hybridized carbons (Fsp3) is 0.750. The molecule has 16 heavy (non-hydrogen) atoms. The summed E-state index contributed by atoms with van der Waals surface area (Å²) in [5.41, 5.74) is 1.72. The standard InChI is InChI=1S/C12H21ClN2O/c1-5-9(4)15-12(13)10(7-16)11(14-15)6-8(2)3/h8-9,16H,5-7H2,1-4H3. The van der Waals surface area contributed by atoms with E-state index in [2.05, 4.69) is 32.8 Å². The molecule has 1 heterocycles. The Balaban J connectivity index is 3.09. The van der Waals surface area contributed by atoms with Crippen LogP contribution < -0.4 is 0 Å². The first-order valence-electron chi connectivity index (χ1n) is 5.87. The second-order valence-corrected chi connectivity index (χ2v) is 5.03. The molecule has 0 amide bonds. The molecule has 0 saturated carbocycles. The third-order valence-electron chi connectivity index (χ3n) is 2.79. The second kappa shape index (κ2) is 5.69. The number of rotatable bonds is 5.